The van der Waals surface area contributed by atoms with E-state index in [1.165, 1.54) is 9.87 Å². The molecule has 1 aromatic heterocycles. The molecular weight excluding hydrogens is 420 g/mol. The highest BCUT2D eigenvalue weighted by atomic mass is 32.2. The molecule has 9 heteroatoms. The van der Waals surface area contributed by atoms with Crippen molar-refractivity contribution >= 4 is 33.0 Å². The Morgan fingerprint density at radius 3 is 2.23 bits per heavy atom. The lowest BCUT2D eigenvalue weighted by Gasteiger charge is -2.34. The fourth-order valence-corrected chi connectivity index (χ4v) is 6.11. The largest absolute Gasteiger partial charge is 0.325 e. The van der Waals surface area contributed by atoms with Gasteiger partial charge in [0.1, 0.15) is 0 Å². The van der Waals surface area contributed by atoms with Gasteiger partial charge in [0.2, 0.25) is 15.9 Å². The molecule has 3 heterocycles. The van der Waals surface area contributed by atoms with Gasteiger partial charge in [0, 0.05) is 51.5 Å². The van der Waals surface area contributed by atoms with Crippen molar-refractivity contribution in [2.75, 3.05) is 51.1 Å². The van der Waals surface area contributed by atoms with Gasteiger partial charge in [-0.1, -0.05) is 0 Å². The minimum absolute atomic E-state index is 0.0727. The predicted molar refractivity (Wildman–Crippen MR) is 119 cm³/mol. The van der Waals surface area contributed by atoms with Crippen LogP contribution >= 0.6 is 11.3 Å². The molecule has 30 heavy (non-hydrogen) atoms. The van der Waals surface area contributed by atoms with Gasteiger partial charge in [-0.05, 0) is 59.5 Å². The van der Waals surface area contributed by atoms with Gasteiger partial charge in [-0.15, -0.1) is 0 Å². The fraction of sp³-hybridized carbons (Fsp3) is 0.476. The van der Waals surface area contributed by atoms with Crippen LogP contribution < -0.4 is 5.32 Å². The van der Waals surface area contributed by atoms with E-state index >= 15 is 0 Å². The molecule has 0 saturated carbocycles. The number of nitrogens with zero attached hydrogens (tertiary/aromatic N) is 3. The quantitative estimate of drug-likeness (QED) is 0.704. The molecule has 2 aliphatic heterocycles. The van der Waals surface area contributed by atoms with E-state index in [2.05, 4.69) is 31.9 Å². The van der Waals surface area contributed by atoms with Gasteiger partial charge in [-0.25, -0.2) is 8.42 Å². The van der Waals surface area contributed by atoms with E-state index in [9.17, 15) is 13.2 Å². The summed E-state index contributed by atoms with van der Waals surface area (Å²) in [5.74, 6) is -0.0727. The Kier molecular flexibility index (Phi) is 6.84. The Morgan fingerprint density at radius 2 is 1.60 bits per heavy atom. The van der Waals surface area contributed by atoms with Gasteiger partial charge in [-0.3, -0.25) is 14.6 Å². The van der Waals surface area contributed by atoms with Crippen molar-refractivity contribution < 1.29 is 13.2 Å². The zero-order valence-corrected chi connectivity index (χ0v) is 18.6. The number of anilines is 1. The molecule has 4 rings (SSSR count). The maximum atomic E-state index is 12.6. The lowest BCUT2D eigenvalue weighted by atomic mass is 10.2. The van der Waals surface area contributed by atoms with Crippen LogP contribution in [0.2, 0.25) is 0 Å². The van der Waals surface area contributed by atoms with Crippen molar-refractivity contribution in [1.82, 2.24) is 14.1 Å². The average molecular weight is 449 g/mol. The van der Waals surface area contributed by atoms with Gasteiger partial charge < -0.3 is 5.32 Å². The SMILES string of the molecule is O=C(CN1CCN(Cc2ccsc2)CC1)Nc1ccc(S(=O)(=O)N2CCCC2)cc1. The molecule has 1 aromatic carbocycles. The number of benzene rings is 1. The summed E-state index contributed by atoms with van der Waals surface area (Å²) in [6.45, 7) is 6.12. The van der Waals surface area contributed by atoms with E-state index in [4.69, 9.17) is 0 Å². The van der Waals surface area contributed by atoms with Gasteiger partial charge in [0.05, 0.1) is 11.4 Å². The highest BCUT2D eigenvalue weighted by Crippen LogP contribution is 2.22. The number of carbonyl (C=O) groups is 1. The fourth-order valence-electron chi connectivity index (χ4n) is 3.94. The van der Waals surface area contributed by atoms with E-state index in [1.807, 2.05) is 0 Å². The molecule has 0 bridgehead atoms. The summed E-state index contributed by atoms with van der Waals surface area (Å²) in [7, 11) is -3.42. The molecule has 1 amide bonds. The van der Waals surface area contributed by atoms with Crippen LogP contribution in [0.4, 0.5) is 5.69 Å². The molecule has 0 atom stereocenters. The van der Waals surface area contributed by atoms with Crippen LogP contribution in [-0.4, -0.2) is 74.2 Å². The molecule has 2 aliphatic rings. The third-order valence-corrected chi connectivity index (χ3v) is 8.30. The molecule has 1 N–H and O–H groups in total. The first-order valence-electron chi connectivity index (χ1n) is 10.4. The first kappa shape index (κ1) is 21.5. The normalized spacial score (nSPS) is 19.2. The Bertz CT molecular complexity index is 931. The summed E-state index contributed by atoms with van der Waals surface area (Å²) in [5, 5.41) is 7.17. The van der Waals surface area contributed by atoms with Crippen molar-refractivity contribution in [2.24, 2.45) is 0 Å². The smallest absolute Gasteiger partial charge is 0.243 e. The summed E-state index contributed by atoms with van der Waals surface area (Å²) in [6.07, 6.45) is 1.82. The maximum absolute atomic E-state index is 12.6. The number of hydrogen-bond acceptors (Lipinski definition) is 6. The molecule has 0 radical (unpaired) electrons. The second-order valence-corrected chi connectivity index (χ2v) is 10.6. The minimum Gasteiger partial charge on any atom is -0.325 e. The molecule has 2 fully saturated rings. The first-order valence-corrected chi connectivity index (χ1v) is 12.7. The molecule has 7 nitrogen and oxygen atoms in total. The van der Waals surface area contributed by atoms with Gasteiger partial charge in [0.25, 0.3) is 0 Å². The topological polar surface area (TPSA) is 73.0 Å². The number of thiophene rings is 1. The summed E-state index contributed by atoms with van der Waals surface area (Å²) in [4.78, 5) is 17.3. The lowest BCUT2D eigenvalue weighted by Crippen LogP contribution is -2.48. The van der Waals surface area contributed by atoms with E-state index in [1.54, 1.807) is 35.6 Å². The number of hydrogen-bond donors (Lipinski definition) is 1. The molecule has 162 valence electrons. The summed E-state index contributed by atoms with van der Waals surface area (Å²) >= 11 is 1.72. The van der Waals surface area contributed by atoms with Crippen molar-refractivity contribution in [2.45, 2.75) is 24.3 Å². The Balaban J connectivity index is 1.24. The van der Waals surface area contributed by atoms with Crippen LogP contribution in [0.3, 0.4) is 0 Å². The Hall–Kier alpha value is -1.78. The predicted octanol–water partition coefficient (Wildman–Crippen LogP) is 2.29. The Morgan fingerprint density at radius 1 is 0.933 bits per heavy atom. The molecular formula is C21H28N4O3S2. The molecule has 0 spiro atoms. The second kappa shape index (κ2) is 9.57. The third-order valence-electron chi connectivity index (χ3n) is 5.66. The number of sulfonamides is 1. The van der Waals surface area contributed by atoms with Gasteiger partial charge >= 0.3 is 0 Å². The van der Waals surface area contributed by atoms with Crippen LogP contribution in [0.5, 0.6) is 0 Å². The zero-order valence-electron chi connectivity index (χ0n) is 17.0. The second-order valence-electron chi connectivity index (χ2n) is 7.87. The van der Waals surface area contributed by atoms with E-state index in [-0.39, 0.29) is 10.8 Å². The van der Waals surface area contributed by atoms with Gasteiger partial charge in [-0.2, -0.15) is 15.6 Å². The summed E-state index contributed by atoms with van der Waals surface area (Å²) < 4.78 is 26.7. The monoisotopic (exact) mass is 448 g/mol. The number of rotatable bonds is 7. The molecule has 2 aromatic rings. The Labute approximate surface area is 182 Å². The maximum Gasteiger partial charge on any atom is 0.243 e. The van der Waals surface area contributed by atoms with Crippen molar-refractivity contribution in [1.29, 1.82) is 0 Å². The summed E-state index contributed by atoms with van der Waals surface area (Å²) in [6, 6.07) is 8.64. The number of nitrogens with one attached hydrogen (secondary N) is 1. The van der Waals surface area contributed by atoms with Crippen LogP contribution in [0, 0.1) is 0 Å². The first-order chi connectivity index (χ1) is 14.5. The third kappa shape index (κ3) is 5.28. The molecule has 0 unspecified atom stereocenters. The van der Waals surface area contributed by atoms with Crippen LogP contribution in [-0.2, 0) is 21.4 Å². The minimum atomic E-state index is -3.42. The number of amides is 1. The van der Waals surface area contributed by atoms with Gasteiger partial charge in [0.15, 0.2) is 0 Å². The number of carbonyl (C=O) groups excluding carboxylic acids is 1. The van der Waals surface area contributed by atoms with Crippen molar-refractivity contribution in [3.05, 3.63) is 46.7 Å². The van der Waals surface area contributed by atoms with E-state index in [0.29, 0.717) is 25.3 Å². The average Bonchev–Trinajstić information content (AvgIpc) is 3.44. The molecule has 2 saturated heterocycles. The van der Waals surface area contributed by atoms with Crippen LogP contribution in [0.1, 0.15) is 18.4 Å². The van der Waals surface area contributed by atoms with E-state index < -0.39 is 10.0 Å². The standard InChI is InChI=1S/C21H28N4O3S2/c26-21(16-24-12-10-23(11-13-24)15-18-7-14-29-17-18)22-19-3-5-20(6-4-19)30(27,28)25-8-1-2-9-25/h3-7,14,17H,1-2,8-13,15-16H2,(H,22,26). The van der Waals surface area contributed by atoms with E-state index in [0.717, 1.165) is 45.6 Å². The zero-order chi connectivity index (χ0) is 21.0. The van der Waals surface area contributed by atoms with Crippen LogP contribution in [0.25, 0.3) is 0 Å². The number of piperazine rings is 1. The lowest BCUT2D eigenvalue weighted by molar-refractivity contribution is -0.117. The molecule has 0 aliphatic carbocycles. The highest BCUT2D eigenvalue weighted by Gasteiger charge is 2.27. The van der Waals surface area contributed by atoms with Crippen LogP contribution in [0.15, 0.2) is 46.0 Å². The van der Waals surface area contributed by atoms with Crippen molar-refractivity contribution in [3.63, 3.8) is 0 Å². The highest BCUT2D eigenvalue weighted by molar-refractivity contribution is 7.89. The summed E-state index contributed by atoms with van der Waals surface area (Å²) in [5.41, 5.74) is 1.97. The van der Waals surface area contributed by atoms with Crippen molar-refractivity contribution in [3.8, 4) is 0 Å².